The number of hydrogen-bond donors (Lipinski definition) is 1. The molecule has 1 aromatic heterocycles. The fourth-order valence-corrected chi connectivity index (χ4v) is 2.48. The van der Waals surface area contributed by atoms with Gasteiger partial charge in [0.25, 0.3) is 5.69 Å². The summed E-state index contributed by atoms with van der Waals surface area (Å²) >= 11 is 1.53. The van der Waals surface area contributed by atoms with E-state index in [1.807, 2.05) is 6.92 Å². The number of nitrogens with zero attached hydrogens (tertiary/aromatic N) is 2. The topological polar surface area (TPSA) is 77.3 Å². The maximum absolute atomic E-state index is 10.7. The molecule has 0 saturated carbocycles. The van der Waals surface area contributed by atoms with Crippen molar-refractivity contribution in [1.29, 1.82) is 0 Å². The average molecular weight is 293 g/mol. The van der Waals surface area contributed by atoms with Crippen LogP contribution in [0.25, 0.3) is 0 Å². The van der Waals surface area contributed by atoms with E-state index in [-0.39, 0.29) is 5.69 Å². The molecule has 2 rings (SSSR count). The van der Waals surface area contributed by atoms with Crippen molar-refractivity contribution in [2.24, 2.45) is 0 Å². The molecule has 0 fully saturated rings. The third-order valence-electron chi connectivity index (χ3n) is 2.63. The lowest BCUT2D eigenvalue weighted by molar-refractivity contribution is -0.385. The second-order valence-electron chi connectivity index (χ2n) is 4.16. The molecule has 0 saturated heterocycles. The van der Waals surface area contributed by atoms with Crippen molar-refractivity contribution in [3.05, 3.63) is 45.0 Å². The van der Waals surface area contributed by atoms with Gasteiger partial charge in [0.15, 0.2) is 5.13 Å². The Labute approximate surface area is 120 Å². The predicted octanol–water partition coefficient (Wildman–Crippen LogP) is 3.37. The van der Waals surface area contributed by atoms with Crippen LogP contribution in [0, 0.1) is 17.0 Å². The molecule has 0 unspecified atom stereocenters. The number of nitro groups is 1. The van der Waals surface area contributed by atoms with Gasteiger partial charge in [-0.3, -0.25) is 10.1 Å². The first-order chi connectivity index (χ1) is 9.60. The highest BCUT2D eigenvalue weighted by Gasteiger charge is 2.11. The lowest BCUT2D eigenvalue weighted by Crippen LogP contribution is -1.96. The third-order valence-corrected chi connectivity index (χ3v) is 3.56. The predicted molar refractivity (Wildman–Crippen MR) is 78.4 cm³/mol. The van der Waals surface area contributed by atoms with Gasteiger partial charge in [-0.15, -0.1) is 0 Å². The second-order valence-corrected chi connectivity index (χ2v) is 5.27. The quantitative estimate of drug-likeness (QED) is 0.652. The molecule has 0 aliphatic rings. The molecule has 0 bridgehead atoms. The van der Waals surface area contributed by atoms with Gasteiger partial charge < -0.3 is 10.1 Å². The van der Waals surface area contributed by atoms with Crippen molar-refractivity contribution < 1.29 is 9.66 Å². The molecule has 106 valence electrons. The maximum Gasteiger partial charge on any atom is 0.272 e. The van der Waals surface area contributed by atoms with Crippen LogP contribution in [-0.2, 0) is 6.61 Å². The molecule has 0 radical (unpaired) electrons. The van der Waals surface area contributed by atoms with Crippen LogP contribution in [0.3, 0.4) is 0 Å². The molecule has 1 heterocycles. The Bertz CT molecular complexity index is 613. The lowest BCUT2D eigenvalue weighted by Gasteiger charge is -2.05. The summed E-state index contributed by atoms with van der Waals surface area (Å²) in [5.41, 5.74) is 0.690. The first kappa shape index (κ1) is 14.3. The molecule has 0 aliphatic heterocycles. The van der Waals surface area contributed by atoms with Crippen LogP contribution >= 0.6 is 11.3 Å². The number of aryl methyl sites for hydroxylation is 1. The molecular weight excluding hydrogens is 278 g/mol. The van der Waals surface area contributed by atoms with Gasteiger partial charge in [-0.1, -0.05) is 11.3 Å². The standard InChI is InChI=1S/C13H15N3O3S/c1-3-14-13-15-7-11(20-13)8-19-10-4-5-12(16(17)18)9(2)6-10/h4-7H,3,8H2,1-2H3,(H,14,15). The van der Waals surface area contributed by atoms with Gasteiger partial charge in [-0.05, 0) is 26.0 Å². The summed E-state index contributed by atoms with van der Waals surface area (Å²) in [6, 6.07) is 4.74. The number of hydrogen-bond acceptors (Lipinski definition) is 6. The van der Waals surface area contributed by atoms with Crippen molar-refractivity contribution in [3.63, 3.8) is 0 Å². The zero-order valence-corrected chi connectivity index (χ0v) is 12.1. The fraction of sp³-hybridized carbons (Fsp3) is 0.308. The van der Waals surface area contributed by atoms with E-state index in [4.69, 9.17) is 4.74 Å². The first-order valence-corrected chi connectivity index (χ1v) is 6.98. The monoisotopic (exact) mass is 293 g/mol. The molecule has 0 atom stereocenters. The Balaban J connectivity index is 1.99. The molecule has 1 N–H and O–H groups in total. The van der Waals surface area contributed by atoms with Crippen LogP contribution in [0.2, 0.25) is 0 Å². The SMILES string of the molecule is CCNc1ncc(COc2ccc([N+](=O)[O-])c(C)c2)s1. The van der Waals surface area contributed by atoms with Crippen LogP contribution in [-0.4, -0.2) is 16.5 Å². The van der Waals surface area contributed by atoms with E-state index in [0.717, 1.165) is 16.6 Å². The van der Waals surface area contributed by atoms with Gasteiger partial charge in [-0.25, -0.2) is 4.98 Å². The molecular formula is C13H15N3O3S. The fourth-order valence-electron chi connectivity index (χ4n) is 1.68. The largest absolute Gasteiger partial charge is 0.488 e. The van der Waals surface area contributed by atoms with E-state index in [0.29, 0.717) is 17.9 Å². The van der Waals surface area contributed by atoms with Gasteiger partial charge in [0.2, 0.25) is 0 Å². The van der Waals surface area contributed by atoms with E-state index in [1.54, 1.807) is 25.3 Å². The number of rotatable bonds is 6. The molecule has 20 heavy (non-hydrogen) atoms. The zero-order valence-electron chi connectivity index (χ0n) is 11.3. The molecule has 7 heteroatoms. The van der Waals surface area contributed by atoms with Crippen molar-refractivity contribution >= 4 is 22.2 Å². The van der Waals surface area contributed by atoms with Gasteiger partial charge in [0, 0.05) is 24.4 Å². The second kappa shape index (κ2) is 6.33. The molecule has 6 nitrogen and oxygen atoms in total. The summed E-state index contributed by atoms with van der Waals surface area (Å²) in [5, 5.41) is 14.7. The summed E-state index contributed by atoms with van der Waals surface area (Å²) in [6.07, 6.45) is 1.76. The van der Waals surface area contributed by atoms with Crippen molar-refractivity contribution in [2.75, 3.05) is 11.9 Å². The van der Waals surface area contributed by atoms with E-state index >= 15 is 0 Å². The van der Waals surface area contributed by atoms with Gasteiger partial charge in [0.1, 0.15) is 12.4 Å². The molecule has 2 aromatic rings. The maximum atomic E-state index is 10.7. The van der Waals surface area contributed by atoms with Crippen LogP contribution in [0.5, 0.6) is 5.75 Å². The normalized spacial score (nSPS) is 10.3. The third kappa shape index (κ3) is 3.45. The summed E-state index contributed by atoms with van der Waals surface area (Å²) in [6.45, 7) is 4.94. The number of aromatic nitrogens is 1. The summed E-state index contributed by atoms with van der Waals surface area (Å²) in [5.74, 6) is 0.617. The Hall–Kier alpha value is -2.15. The van der Waals surface area contributed by atoms with E-state index in [1.165, 1.54) is 17.4 Å². The Morgan fingerprint density at radius 1 is 1.50 bits per heavy atom. The van der Waals surface area contributed by atoms with Crippen molar-refractivity contribution in [3.8, 4) is 5.75 Å². The smallest absolute Gasteiger partial charge is 0.272 e. The van der Waals surface area contributed by atoms with E-state index in [9.17, 15) is 10.1 Å². The minimum absolute atomic E-state index is 0.101. The number of benzene rings is 1. The van der Waals surface area contributed by atoms with Crippen LogP contribution in [0.4, 0.5) is 10.8 Å². The molecule has 0 spiro atoms. The number of ether oxygens (including phenoxy) is 1. The molecule has 0 aliphatic carbocycles. The van der Waals surface area contributed by atoms with Crippen LogP contribution in [0.15, 0.2) is 24.4 Å². The van der Waals surface area contributed by atoms with E-state index in [2.05, 4.69) is 10.3 Å². The van der Waals surface area contributed by atoms with Crippen molar-refractivity contribution in [2.45, 2.75) is 20.5 Å². The molecule has 0 amide bonds. The lowest BCUT2D eigenvalue weighted by atomic mass is 10.2. The number of nitrogens with one attached hydrogen (secondary N) is 1. The van der Waals surface area contributed by atoms with E-state index < -0.39 is 4.92 Å². The Morgan fingerprint density at radius 2 is 2.30 bits per heavy atom. The summed E-state index contributed by atoms with van der Waals surface area (Å²) in [4.78, 5) is 15.5. The number of thiazole rings is 1. The van der Waals surface area contributed by atoms with Crippen LogP contribution < -0.4 is 10.1 Å². The van der Waals surface area contributed by atoms with Crippen molar-refractivity contribution in [1.82, 2.24) is 4.98 Å². The first-order valence-electron chi connectivity index (χ1n) is 6.16. The molecule has 1 aromatic carbocycles. The summed E-state index contributed by atoms with van der Waals surface area (Å²) in [7, 11) is 0. The minimum atomic E-state index is -0.398. The highest BCUT2D eigenvalue weighted by atomic mass is 32.1. The summed E-state index contributed by atoms with van der Waals surface area (Å²) < 4.78 is 5.62. The van der Waals surface area contributed by atoms with Crippen LogP contribution in [0.1, 0.15) is 17.4 Å². The number of nitro benzene ring substituents is 1. The average Bonchev–Trinajstić information content (AvgIpc) is 2.84. The highest BCUT2D eigenvalue weighted by Crippen LogP contribution is 2.25. The Kier molecular flexibility index (Phi) is 4.52. The highest BCUT2D eigenvalue weighted by molar-refractivity contribution is 7.15. The minimum Gasteiger partial charge on any atom is -0.488 e. The van der Waals surface area contributed by atoms with Gasteiger partial charge in [0.05, 0.1) is 9.80 Å². The zero-order chi connectivity index (χ0) is 14.5. The van der Waals surface area contributed by atoms with Gasteiger partial charge in [-0.2, -0.15) is 0 Å². The Morgan fingerprint density at radius 3 is 2.95 bits per heavy atom. The number of anilines is 1. The van der Waals surface area contributed by atoms with Gasteiger partial charge >= 0.3 is 0 Å².